The number of β-amino-alcohol motifs (C(OH)–C–C–N with tert-alkyl or cyclic N) is 1. The number of aliphatic hydroxyl groups excluding tert-OH is 1. The fourth-order valence-corrected chi connectivity index (χ4v) is 3.93. The van der Waals surface area contributed by atoms with Gasteiger partial charge in [0, 0.05) is 16.9 Å². The van der Waals surface area contributed by atoms with Gasteiger partial charge in [0.2, 0.25) is 5.91 Å². The normalized spacial score (nSPS) is 19.5. The third kappa shape index (κ3) is 4.69. The van der Waals surface area contributed by atoms with Crippen LogP contribution in [0.25, 0.3) is 11.3 Å². The Hall–Kier alpha value is -2.45. The van der Waals surface area contributed by atoms with Crippen molar-refractivity contribution in [2.24, 2.45) is 0 Å². The Morgan fingerprint density at radius 2 is 1.96 bits per heavy atom. The molecule has 0 bridgehead atoms. The number of nitrogens with one attached hydrogen (secondary N) is 1. The van der Waals surface area contributed by atoms with E-state index in [4.69, 9.17) is 4.74 Å². The summed E-state index contributed by atoms with van der Waals surface area (Å²) in [4.78, 5) is 32.0. The Bertz CT molecular complexity index is 860. The highest BCUT2D eigenvalue weighted by Gasteiger charge is 2.41. The van der Waals surface area contributed by atoms with Crippen molar-refractivity contribution in [3.05, 3.63) is 35.2 Å². The SMILES string of the molecule is Cc1sc(NC(=O)[C@H]2C[C@H](O)CN2C(=O)OC(C)(C)C)nc1-c1ccccc1. The van der Waals surface area contributed by atoms with E-state index >= 15 is 0 Å². The molecule has 1 aromatic carbocycles. The third-order valence-electron chi connectivity index (χ3n) is 4.28. The highest BCUT2D eigenvalue weighted by Crippen LogP contribution is 2.31. The number of thiazole rings is 1. The van der Waals surface area contributed by atoms with Gasteiger partial charge in [-0.2, -0.15) is 0 Å². The summed E-state index contributed by atoms with van der Waals surface area (Å²) in [7, 11) is 0. The highest BCUT2D eigenvalue weighted by atomic mass is 32.1. The van der Waals surface area contributed by atoms with Gasteiger partial charge in [-0.3, -0.25) is 9.69 Å². The van der Waals surface area contributed by atoms with E-state index in [0.29, 0.717) is 5.13 Å². The van der Waals surface area contributed by atoms with E-state index < -0.39 is 23.8 Å². The van der Waals surface area contributed by atoms with Gasteiger partial charge in [0.25, 0.3) is 0 Å². The van der Waals surface area contributed by atoms with E-state index in [0.717, 1.165) is 16.1 Å². The van der Waals surface area contributed by atoms with Gasteiger partial charge in [-0.1, -0.05) is 30.3 Å². The number of likely N-dealkylation sites (tertiary alicyclic amines) is 1. The van der Waals surface area contributed by atoms with Gasteiger partial charge in [0.05, 0.1) is 18.3 Å². The molecule has 0 unspecified atom stereocenters. The minimum Gasteiger partial charge on any atom is -0.444 e. The maximum absolute atomic E-state index is 12.8. The molecular formula is C20H25N3O4S. The first kappa shape index (κ1) is 20.3. The summed E-state index contributed by atoms with van der Waals surface area (Å²) in [5.74, 6) is -0.379. The quantitative estimate of drug-likeness (QED) is 0.819. The predicted octanol–water partition coefficient (Wildman–Crippen LogP) is 3.43. The smallest absolute Gasteiger partial charge is 0.411 e. The summed E-state index contributed by atoms with van der Waals surface area (Å²) in [5.41, 5.74) is 1.11. The molecule has 3 rings (SSSR count). The van der Waals surface area contributed by atoms with Gasteiger partial charge < -0.3 is 15.2 Å². The van der Waals surface area contributed by atoms with Crippen LogP contribution in [0.4, 0.5) is 9.93 Å². The van der Waals surface area contributed by atoms with Gasteiger partial charge in [-0.25, -0.2) is 9.78 Å². The van der Waals surface area contributed by atoms with Crippen LogP contribution in [0, 0.1) is 6.92 Å². The fraction of sp³-hybridized carbons (Fsp3) is 0.450. The number of benzene rings is 1. The molecule has 2 amide bonds. The molecule has 7 nitrogen and oxygen atoms in total. The standard InChI is InChI=1S/C20H25N3O4S/c1-12-16(13-8-6-5-7-9-13)21-18(28-12)22-17(25)15-10-14(24)11-23(15)19(26)27-20(2,3)4/h5-9,14-15,24H,10-11H2,1-4H3,(H,21,22,25)/t14-,15+/m0/s1. The number of rotatable bonds is 3. The van der Waals surface area contributed by atoms with Crippen molar-refractivity contribution in [1.29, 1.82) is 0 Å². The molecule has 0 aliphatic carbocycles. The van der Waals surface area contributed by atoms with E-state index in [9.17, 15) is 14.7 Å². The molecule has 2 N–H and O–H groups in total. The summed E-state index contributed by atoms with van der Waals surface area (Å²) in [5, 5.41) is 13.2. The van der Waals surface area contributed by atoms with Crippen molar-refractivity contribution in [1.82, 2.24) is 9.88 Å². The average Bonchev–Trinajstić information content (AvgIpc) is 3.17. The van der Waals surface area contributed by atoms with E-state index in [1.807, 2.05) is 37.3 Å². The predicted molar refractivity (Wildman–Crippen MR) is 108 cm³/mol. The van der Waals surface area contributed by atoms with Crippen LogP contribution in [-0.2, 0) is 9.53 Å². The van der Waals surface area contributed by atoms with Crippen molar-refractivity contribution in [3.63, 3.8) is 0 Å². The van der Waals surface area contributed by atoms with Crippen LogP contribution in [0.15, 0.2) is 30.3 Å². The first-order valence-electron chi connectivity index (χ1n) is 9.15. The van der Waals surface area contributed by atoms with Gasteiger partial charge in [0.15, 0.2) is 5.13 Å². The van der Waals surface area contributed by atoms with E-state index in [1.165, 1.54) is 16.2 Å². The van der Waals surface area contributed by atoms with E-state index in [-0.39, 0.29) is 18.9 Å². The van der Waals surface area contributed by atoms with Crippen molar-refractivity contribution >= 4 is 28.5 Å². The molecule has 150 valence electrons. The van der Waals surface area contributed by atoms with Crippen LogP contribution < -0.4 is 5.32 Å². The van der Waals surface area contributed by atoms with Crippen LogP contribution in [0.5, 0.6) is 0 Å². The minimum atomic E-state index is -0.797. The van der Waals surface area contributed by atoms with E-state index in [2.05, 4.69) is 10.3 Å². The lowest BCUT2D eigenvalue weighted by Crippen LogP contribution is -2.45. The number of nitrogens with zero attached hydrogens (tertiary/aromatic N) is 2. The monoisotopic (exact) mass is 403 g/mol. The Kier molecular flexibility index (Phi) is 5.71. The molecule has 2 atom stereocenters. The molecule has 2 heterocycles. The molecule has 8 heteroatoms. The largest absolute Gasteiger partial charge is 0.444 e. The molecule has 1 aliphatic heterocycles. The number of aliphatic hydroxyl groups is 1. The molecule has 2 aromatic rings. The minimum absolute atomic E-state index is 0.0686. The fourth-order valence-electron chi connectivity index (χ4n) is 3.09. The summed E-state index contributed by atoms with van der Waals surface area (Å²) in [6.07, 6.45) is -1.20. The molecule has 1 aliphatic rings. The van der Waals surface area contributed by atoms with E-state index in [1.54, 1.807) is 20.8 Å². The van der Waals surface area contributed by atoms with Crippen LogP contribution in [0.3, 0.4) is 0 Å². The van der Waals surface area contributed by atoms with Gasteiger partial charge >= 0.3 is 6.09 Å². The van der Waals surface area contributed by atoms with Crippen molar-refractivity contribution < 1.29 is 19.4 Å². The highest BCUT2D eigenvalue weighted by molar-refractivity contribution is 7.16. The number of aryl methyl sites for hydroxylation is 1. The zero-order valence-corrected chi connectivity index (χ0v) is 17.2. The topological polar surface area (TPSA) is 91.8 Å². The molecule has 0 radical (unpaired) electrons. The zero-order valence-electron chi connectivity index (χ0n) is 16.4. The number of aromatic nitrogens is 1. The number of amides is 2. The van der Waals surface area contributed by atoms with Crippen LogP contribution in [0.2, 0.25) is 0 Å². The van der Waals surface area contributed by atoms with Crippen LogP contribution in [-0.4, -0.2) is 51.3 Å². The maximum atomic E-state index is 12.8. The summed E-state index contributed by atoms with van der Waals surface area (Å²) >= 11 is 1.38. The lowest BCUT2D eigenvalue weighted by molar-refractivity contribution is -0.120. The molecule has 28 heavy (non-hydrogen) atoms. The summed E-state index contributed by atoms with van der Waals surface area (Å²) in [6, 6.07) is 8.94. The number of hydrogen-bond donors (Lipinski definition) is 2. The lowest BCUT2D eigenvalue weighted by atomic mass is 10.1. The number of carbonyl (C=O) groups excluding carboxylic acids is 2. The summed E-state index contributed by atoms with van der Waals surface area (Å²) in [6.45, 7) is 7.29. The van der Waals surface area contributed by atoms with Crippen LogP contribution in [0.1, 0.15) is 32.1 Å². The first-order chi connectivity index (χ1) is 13.1. The summed E-state index contributed by atoms with van der Waals surface area (Å²) < 4.78 is 5.36. The number of carbonyl (C=O) groups is 2. The number of anilines is 1. The van der Waals surface area contributed by atoms with Gasteiger partial charge in [0.1, 0.15) is 11.6 Å². The van der Waals surface area contributed by atoms with Crippen molar-refractivity contribution in [2.75, 3.05) is 11.9 Å². The second kappa shape index (κ2) is 7.89. The second-order valence-electron chi connectivity index (χ2n) is 7.82. The molecule has 1 saturated heterocycles. The molecule has 0 spiro atoms. The second-order valence-corrected chi connectivity index (χ2v) is 9.02. The van der Waals surface area contributed by atoms with Gasteiger partial charge in [-0.15, -0.1) is 11.3 Å². The first-order valence-corrected chi connectivity index (χ1v) is 9.97. The Balaban J connectivity index is 1.74. The third-order valence-corrected chi connectivity index (χ3v) is 5.17. The average molecular weight is 404 g/mol. The maximum Gasteiger partial charge on any atom is 0.411 e. The Morgan fingerprint density at radius 1 is 1.29 bits per heavy atom. The van der Waals surface area contributed by atoms with Crippen LogP contribution >= 0.6 is 11.3 Å². The number of ether oxygens (including phenoxy) is 1. The van der Waals surface area contributed by atoms with Gasteiger partial charge in [-0.05, 0) is 27.7 Å². The molecule has 1 aromatic heterocycles. The number of hydrogen-bond acceptors (Lipinski definition) is 6. The molecule has 0 saturated carbocycles. The Morgan fingerprint density at radius 3 is 2.61 bits per heavy atom. The Labute approximate surface area is 168 Å². The molecule has 1 fully saturated rings. The van der Waals surface area contributed by atoms with Crippen molar-refractivity contribution in [2.45, 2.75) is 51.9 Å². The lowest BCUT2D eigenvalue weighted by Gasteiger charge is -2.27. The zero-order chi connectivity index (χ0) is 20.5. The molecular weight excluding hydrogens is 378 g/mol. The van der Waals surface area contributed by atoms with Crippen molar-refractivity contribution in [3.8, 4) is 11.3 Å².